The number of anilines is 1. The number of nitrogens with zero attached hydrogens (tertiary/aromatic N) is 3. The molecule has 3 aromatic rings. The molecule has 20 heavy (non-hydrogen) atoms. The molecule has 0 spiro atoms. The van der Waals surface area contributed by atoms with Gasteiger partial charge in [-0.05, 0) is 35.4 Å². The smallest absolute Gasteiger partial charge is 0.0659 e. The van der Waals surface area contributed by atoms with Gasteiger partial charge < -0.3 is 5.32 Å². The molecule has 0 saturated carbocycles. The zero-order chi connectivity index (χ0) is 13.6. The van der Waals surface area contributed by atoms with Gasteiger partial charge in [0.25, 0.3) is 0 Å². The van der Waals surface area contributed by atoms with Gasteiger partial charge in [-0.1, -0.05) is 18.2 Å². The van der Waals surface area contributed by atoms with Crippen LogP contribution in [-0.4, -0.2) is 14.8 Å². The Bertz CT molecular complexity index is 630. The maximum absolute atomic E-state index is 4.20. The molecule has 0 bridgehead atoms. The van der Waals surface area contributed by atoms with Crippen molar-refractivity contribution >= 4 is 5.69 Å². The lowest BCUT2D eigenvalue weighted by Crippen LogP contribution is -2.01. The second-order valence-corrected chi connectivity index (χ2v) is 4.62. The summed E-state index contributed by atoms with van der Waals surface area (Å²) in [5.74, 6) is 0. The normalized spacial score (nSPS) is 10.4. The SMILES string of the molecule is c1cncc(CNc2ccc(Cn3cccn3)cc2)c1. The molecule has 0 aliphatic carbocycles. The molecule has 1 aromatic carbocycles. The minimum Gasteiger partial charge on any atom is -0.381 e. The molecule has 3 rings (SSSR count). The summed E-state index contributed by atoms with van der Waals surface area (Å²) in [5, 5.41) is 7.59. The Morgan fingerprint density at radius 2 is 1.85 bits per heavy atom. The van der Waals surface area contributed by atoms with Crippen LogP contribution < -0.4 is 5.32 Å². The number of hydrogen-bond donors (Lipinski definition) is 1. The first-order valence-electron chi connectivity index (χ1n) is 6.59. The molecule has 0 atom stereocenters. The first-order chi connectivity index (χ1) is 9.90. The van der Waals surface area contributed by atoms with Gasteiger partial charge in [0.15, 0.2) is 0 Å². The summed E-state index contributed by atoms with van der Waals surface area (Å²) in [6, 6.07) is 14.4. The number of pyridine rings is 1. The van der Waals surface area contributed by atoms with Gasteiger partial charge in [-0.25, -0.2) is 0 Å². The van der Waals surface area contributed by atoms with Crippen LogP contribution in [0.25, 0.3) is 0 Å². The van der Waals surface area contributed by atoms with Crippen LogP contribution in [0.5, 0.6) is 0 Å². The van der Waals surface area contributed by atoms with Crippen LogP contribution in [0.2, 0.25) is 0 Å². The van der Waals surface area contributed by atoms with E-state index in [2.05, 4.69) is 45.7 Å². The summed E-state index contributed by atoms with van der Waals surface area (Å²) in [5.41, 5.74) is 3.52. The molecular formula is C16H16N4. The van der Waals surface area contributed by atoms with E-state index in [0.717, 1.165) is 18.8 Å². The van der Waals surface area contributed by atoms with Crippen molar-refractivity contribution < 1.29 is 0 Å². The van der Waals surface area contributed by atoms with Crippen LogP contribution in [-0.2, 0) is 13.1 Å². The van der Waals surface area contributed by atoms with Gasteiger partial charge in [0.05, 0.1) is 6.54 Å². The average Bonchev–Trinajstić information content (AvgIpc) is 3.01. The highest BCUT2D eigenvalue weighted by atomic mass is 15.3. The predicted octanol–water partition coefficient (Wildman–Crippen LogP) is 2.94. The van der Waals surface area contributed by atoms with E-state index in [9.17, 15) is 0 Å². The van der Waals surface area contributed by atoms with E-state index in [4.69, 9.17) is 0 Å². The number of hydrogen-bond acceptors (Lipinski definition) is 3. The Balaban J connectivity index is 1.59. The summed E-state index contributed by atoms with van der Waals surface area (Å²) < 4.78 is 1.91. The molecular weight excluding hydrogens is 248 g/mol. The van der Waals surface area contributed by atoms with Gasteiger partial charge in [0.2, 0.25) is 0 Å². The highest BCUT2D eigenvalue weighted by Gasteiger charge is 1.97. The number of benzene rings is 1. The van der Waals surface area contributed by atoms with Crippen LogP contribution in [0.1, 0.15) is 11.1 Å². The Kier molecular flexibility index (Phi) is 3.73. The van der Waals surface area contributed by atoms with Crippen molar-refractivity contribution in [2.24, 2.45) is 0 Å². The van der Waals surface area contributed by atoms with Gasteiger partial charge in [-0.15, -0.1) is 0 Å². The molecule has 0 fully saturated rings. The Labute approximate surface area is 118 Å². The standard InChI is InChI=1S/C16H16N4/c1-3-15(11-17-8-1)12-18-16-6-4-14(5-7-16)13-20-10-2-9-19-20/h1-11,18H,12-13H2. The van der Waals surface area contributed by atoms with Crippen LogP contribution in [0.15, 0.2) is 67.3 Å². The van der Waals surface area contributed by atoms with E-state index < -0.39 is 0 Å². The highest BCUT2D eigenvalue weighted by Crippen LogP contribution is 2.11. The van der Waals surface area contributed by atoms with Gasteiger partial charge in [-0.2, -0.15) is 5.10 Å². The van der Waals surface area contributed by atoms with Crippen LogP contribution in [0.4, 0.5) is 5.69 Å². The third-order valence-corrected chi connectivity index (χ3v) is 3.08. The van der Waals surface area contributed by atoms with E-state index in [1.54, 1.807) is 12.4 Å². The molecule has 100 valence electrons. The van der Waals surface area contributed by atoms with E-state index in [0.29, 0.717) is 0 Å². The molecule has 2 heterocycles. The summed E-state index contributed by atoms with van der Waals surface area (Å²) in [7, 11) is 0. The molecule has 0 radical (unpaired) electrons. The molecule has 0 saturated heterocycles. The molecule has 0 unspecified atom stereocenters. The molecule has 0 amide bonds. The summed E-state index contributed by atoms with van der Waals surface area (Å²) in [6.07, 6.45) is 7.42. The van der Waals surface area contributed by atoms with E-state index in [-0.39, 0.29) is 0 Å². The van der Waals surface area contributed by atoms with Crippen molar-refractivity contribution in [3.05, 3.63) is 78.4 Å². The summed E-state index contributed by atoms with van der Waals surface area (Å²) in [4.78, 5) is 4.10. The lowest BCUT2D eigenvalue weighted by Gasteiger charge is -2.07. The van der Waals surface area contributed by atoms with Crippen molar-refractivity contribution in [1.82, 2.24) is 14.8 Å². The van der Waals surface area contributed by atoms with Crippen LogP contribution in [0, 0.1) is 0 Å². The van der Waals surface area contributed by atoms with Crippen molar-refractivity contribution in [3.8, 4) is 0 Å². The summed E-state index contributed by atoms with van der Waals surface area (Å²) in [6.45, 7) is 1.59. The fraction of sp³-hybridized carbons (Fsp3) is 0.125. The zero-order valence-electron chi connectivity index (χ0n) is 11.1. The predicted molar refractivity (Wildman–Crippen MR) is 79.3 cm³/mol. The van der Waals surface area contributed by atoms with Gasteiger partial charge in [-0.3, -0.25) is 9.67 Å². The Hall–Kier alpha value is -2.62. The maximum Gasteiger partial charge on any atom is 0.0659 e. The monoisotopic (exact) mass is 264 g/mol. The zero-order valence-corrected chi connectivity index (χ0v) is 11.1. The molecule has 0 aliphatic heterocycles. The molecule has 1 N–H and O–H groups in total. The Morgan fingerprint density at radius 1 is 0.950 bits per heavy atom. The third-order valence-electron chi connectivity index (χ3n) is 3.08. The molecule has 4 nitrogen and oxygen atoms in total. The van der Waals surface area contributed by atoms with Crippen molar-refractivity contribution in [3.63, 3.8) is 0 Å². The average molecular weight is 264 g/mol. The summed E-state index contributed by atoms with van der Waals surface area (Å²) >= 11 is 0. The first-order valence-corrected chi connectivity index (χ1v) is 6.59. The van der Waals surface area contributed by atoms with E-state index in [1.165, 1.54) is 11.1 Å². The lowest BCUT2D eigenvalue weighted by molar-refractivity contribution is 0.687. The number of aromatic nitrogens is 3. The minimum absolute atomic E-state index is 0.784. The van der Waals surface area contributed by atoms with Crippen LogP contribution >= 0.6 is 0 Å². The quantitative estimate of drug-likeness (QED) is 0.770. The second-order valence-electron chi connectivity index (χ2n) is 4.62. The number of nitrogens with one attached hydrogen (secondary N) is 1. The topological polar surface area (TPSA) is 42.7 Å². The van der Waals surface area contributed by atoms with E-state index in [1.807, 2.05) is 29.2 Å². The fourth-order valence-corrected chi connectivity index (χ4v) is 2.02. The number of rotatable bonds is 5. The van der Waals surface area contributed by atoms with E-state index >= 15 is 0 Å². The largest absolute Gasteiger partial charge is 0.381 e. The fourth-order valence-electron chi connectivity index (χ4n) is 2.02. The molecule has 0 aliphatic rings. The van der Waals surface area contributed by atoms with Gasteiger partial charge in [0, 0.05) is 37.0 Å². The lowest BCUT2D eigenvalue weighted by atomic mass is 10.2. The molecule has 2 aromatic heterocycles. The third kappa shape index (κ3) is 3.23. The molecule has 4 heteroatoms. The Morgan fingerprint density at radius 3 is 2.55 bits per heavy atom. The van der Waals surface area contributed by atoms with Crippen molar-refractivity contribution in [2.45, 2.75) is 13.1 Å². The maximum atomic E-state index is 4.20. The second kappa shape index (κ2) is 6.02. The van der Waals surface area contributed by atoms with Crippen molar-refractivity contribution in [2.75, 3.05) is 5.32 Å². The van der Waals surface area contributed by atoms with Crippen molar-refractivity contribution in [1.29, 1.82) is 0 Å². The van der Waals surface area contributed by atoms with Crippen LogP contribution in [0.3, 0.4) is 0 Å². The van der Waals surface area contributed by atoms with Gasteiger partial charge >= 0.3 is 0 Å². The van der Waals surface area contributed by atoms with Gasteiger partial charge in [0.1, 0.15) is 0 Å². The minimum atomic E-state index is 0.784. The first kappa shape index (κ1) is 12.4. The highest BCUT2D eigenvalue weighted by molar-refractivity contribution is 5.45.